The van der Waals surface area contributed by atoms with Crippen molar-refractivity contribution in [2.45, 2.75) is 31.7 Å². The van der Waals surface area contributed by atoms with Gasteiger partial charge in [0.05, 0.1) is 19.6 Å². The number of methoxy groups -OCH3 is 1. The van der Waals surface area contributed by atoms with Gasteiger partial charge in [-0.2, -0.15) is 0 Å². The van der Waals surface area contributed by atoms with Crippen LogP contribution in [0.4, 0.5) is 4.39 Å². The van der Waals surface area contributed by atoms with Gasteiger partial charge in [-0.1, -0.05) is 12.1 Å². The van der Waals surface area contributed by atoms with Crippen LogP contribution in [0.25, 0.3) is 0 Å². The summed E-state index contributed by atoms with van der Waals surface area (Å²) in [5.41, 5.74) is 0.550. The molecule has 3 amide bonds. The number of rotatable bonds is 7. The maximum atomic E-state index is 13.1. The number of nitrogens with zero attached hydrogens (tertiary/aromatic N) is 1. The summed E-state index contributed by atoms with van der Waals surface area (Å²) < 4.78 is 17.7. The Kier molecular flexibility index (Phi) is 6.21. The zero-order chi connectivity index (χ0) is 18.4. The summed E-state index contributed by atoms with van der Waals surface area (Å²) >= 11 is 0. The van der Waals surface area contributed by atoms with Crippen molar-refractivity contribution in [3.05, 3.63) is 35.6 Å². The van der Waals surface area contributed by atoms with Crippen molar-refractivity contribution < 1.29 is 28.3 Å². The third-order valence-electron chi connectivity index (χ3n) is 3.92. The van der Waals surface area contributed by atoms with Crippen LogP contribution in [0.15, 0.2) is 24.3 Å². The van der Waals surface area contributed by atoms with E-state index >= 15 is 0 Å². The van der Waals surface area contributed by atoms with Gasteiger partial charge in [-0.3, -0.25) is 24.1 Å². The van der Waals surface area contributed by atoms with Gasteiger partial charge in [-0.15, -0.1) is 0 Å². The summed E-state index contributed by atoms with van der Waals surface area (Å²) in [5.74, 6) is -1.96. The number of hydrogen-bond acceptors (Lipinski definition) is 5. The molecule has 1 aliphatic heterocycles. The summed E-state index contributed by atoms with van der Waals surface area (Å²) in [6, 6.07) is 4.71. The van der Waals surface area contributed by atoms with Crippen molar-refractivity contribution in [2.24, 2.45) is 0 Å². The zero-order valence-electron chi connectivity index (χ0n) is 13.8. The Hall–Kier alpha value is -2.77. The van der Waals surface area contributed by atoms with E-state index in [2.05, 4.69) is 10.1 Å². The van der Waals surface area contributed by atoms with Crippen LogP contribution in [-0.2, 0) is 23.9 Å². The van der Waals surface area contributed by atoms with E-state index in [4.69, 9.17) is 0 Å². The van der Waals surface area contributed by atoms with Crippen LogP contribution in [0, 0.1) is 5.82 Å². The first kappa shape index (κ1) is 18.6. The molecule has 25 heavy (non-hydrogen) atoms. The molecule has 0 aromatic heterocycles. The summed E-state index contributed by atoms with van der Waals surface area (Å²) in [5, 5.41) is 2.66. The summed E-state index contributed by atoms with van der Waals surface area (Å²) in [7, 11) is 1.23. The lowest BCUT2D eigenvalue weighted by molar-refractivity contribution is -0.141. The fourth-order valence-electron chi connectivity index (χ4n) is 2.55. The predicted molar refractivity (Wildman–Crippen MR) is 84.5 cm³/mol. The minimum atomic E-state index is -0.689. The molecule has 1 atom stereocenters. The Morgan fingerprint density at radius 3 is 2.36 bits per heavy atom. The molecule has 8 heteroatoms. The van der Waals surface area contributed by atoms with Crippen LogP contribution >= 0.6 is 0 Å². The third kappa shape index (κ3) is 5.10. The monoisotopic (exact) mass is 350 g/mol. The lowest BCUT2D eigenvalue weighted by Gasteiger charge is -2.19. The first-order valence-corrected chi connectivity index (χ1v) is 7.85. The van der Waals surface area contributed by atoms with Crippen LogP contribution in [0.1, 0.15) is 37.3 Å². The van der Waals surface area contributed by atoms with Gasteiger partial charge in [0.25, 0.3) is 0 Å². The number of likely N-dealkylation sites (tertiary alicyclic amines) is 1. The number of carbonyl (C=O) groups is 4. The fraction of sp³-hybridized carbons (Fsp3) is 0.412. The molecule has 134 valence electrons. The molecular formula is C17H19FN2O5. The fourth-order valence-corrected chi connectivity index (χ4v) is 2.55. The minimum Gasteiger partial charge on any atom is -0.469 e. The molecular weight excluding hydrogens is 331 g/mol. The van der Waals surface area contributed by atoms with E-state index in [0.29, 0.717) is 5.56 Å². The molecule has 1 heterocycles. The minimum absolute atomic E-state index is 0.00212. The van der Waals surface area contributed by atoms with Gasteiger partial charge < -0.3 is 10.1 Å². The average molecular weight is 350 g/mol. The second kappa shape index (κ2) is 8.36. The molecule has 1 aliphatic rings. The molecule has 7 nitrogen and oxygen atoms in total. The second-order valence-electron chi connectivity index (χ2n) is 5.64. The Morgan fingerprint density at radius 2 is 1.80 bits per heavy atom. The number of halogens is 1. The van der Waals surface area contributed by atoms with Gasteiger partial charge in [0.15, 0.2) is 0 Å². The van der Waals surface area contributed by atoms with Crippen molar-refractivity contribution in [2.75, 3.05) is 13.7 Å². The summed E-state index contributed by atoms with van der Waals surface area (Å²) in [6.45, 7) is -0.00212. The van der Waals surface area contributed by atoms with E-state index in [1.165, 1.54) is 31.4 Å². The highest BCUT2D eigenvalue weighted by Gasteiger charge is 2.29. The number of carbonyl (C=O) groups excluding carboxylic acids is 4. The molecule has 0 saturated carbocycles. The van der Waals surface area contributed by atoms with E-state index in [1.54, 1.807) is 0 Å². The van der Waals surface area contributed by atoms with Crippen LogP contribution < -0.4 is 5.32 Å². The Morgan fingerprint density at radius 1 is 1.20 bits per heavy atom. The number of ether oxygens (including phenoxy) is 1. The van der Waals surface area contributed by atoms with Crippen LogP contribution in [-0.4, -0.2) is 42.2 Å². The first-order valence-electron chi connectivity index (χ1n) is 7.85. The van der Waals surface area contributed by atoms with E-state index in [0.717, 1.165) is 4.90 Å². The summed E-state index contributed by atoms with van der Waals surface area (Å²) in [6.07, 6.45) is 0.147. The maximum absolute atomic E-state index is 13.1. The van der Waals surface area contributed by atoms with Crippen molar-refractivity contribution in [1.82, 2.24) is 10.2 Å². The quantitative estimate of drug-likeness (QED) is 0.587. The number of amides is 3. The number of imide groups is 1. The van der Waals surface area contributed by atoms with Gasteiger partial charge in [0.1, 0.15) is 5.82 Å². The van der Waals surface area contributed by atoms with Crippen LogP contribution in [0.5, 0.6) is 0 Å². The van der Waals surface area contributed by atoms with Gasteiger partial charge in [0.2, 0.25) is 17.7 Å². The van der Waals surface area contributed by atoms with Crippen LogP contribution in [0.3, 0.4) is 0 Å². The molecule has 0 spiro atoms. The molecule has 0 bridgehead atoms. The highest BCUT2D eigenvalue weighted by atomic mass is 19.1. The molecule has 1 aromatic carbocycles. The normalized spacial score (nSPS) is 15.2. The molecule has 0 aliphatic carbocycles. The van der Waals surface area contributed by atoms with E-state index < -0.39 is 23.7 Å². The number of nitrogens with one attached hydrogen (secondary N) is 1. The molecule has 0 unspecified atom stereocenters. The van der Waals surface area contributed by atoms with Crippen molar-refractivity contribution >= 4 is 23.7 Å². The standard InChI is InChI=1S/C17H19FN2O5/c1-25-17(24)10-13(11-2-4-12(18)5-3-11)19-14(21)8-9-20-15(22)6-7-16(20)23/h2-5,13H,6-10H2,1H3,(H,19,21)/t13-/m1/s1. The van der Waals surface area contributed by atoms with Gasteiger partial charge in [0, 0.05) is 25.8 Å². The van der Waals surface area contributed by atoms with Gasteiger partial charge in [-0.25, -0.2) is 4.39 Å². The van der Waals surface area contributed by atoms with E-state index in [1.807, 2.05) is 0 Å². The number of hydrogen-bond donors (Lipinski definition) is 1. The molecule has 1 N–H and O–H groups in total. The lowest BCUT2D eigenvalue weighted by atomic mass is 10.0. The molecule has 2 rings (SSSR count). The number of esters is 1. The SMILES string of the molecule is COC(=O)C[C@@H](NC(=O)CCN1C(=O)CCC1=O)c1ccc(F)cc1. The zero-order valence-corrected chi connectivity index (χ0v) is 13.8. The second-order valence-corrected chi connectivity index (χ2v) is 5.64. The first-order chi connectivity index (χ1) is 11.9. The maximum Gasteiger partial charge on any atom is 0.307 e. The summed E-state index contributed by atoms with van der Waals surface area (Å²) in [4.78, 5) is 47.8. The van der Waals surface area contributed by atoms with Crippen molar-refractivity contribution in [3.8, 4) is 0 Å². The van der Waals surface area contributed by atoms with Gasteiger partial charge in [-0.05, 0) is 17.7 Å². The van der Waals surface area contributed by atoms with Crippen molar-refractivity contribution in [1.29, 1.82) is 0 Å². The lowest BCUT2D eigenvalue weighted by Crippen LogP contribution is -2.36. The van der Waals surface area contributed by atoms with Gasteiger partial charge >= 0.3 is 5.97 Å². The Balaban J connectivity index is 1.98. The average Bonchev–Trinajstić information content (AvgIpc) is 2.91. The number of benzene rings is 1. The Bertz CT molecular complexity index is 658. The van der Waals surface area contributed by atoms with Crippen LogP contribution in [0.2, 0.25) is 0 Å². The van der Waals surface area contributed by atoms with E-state index in [9.17, 15) is 23.6 Å². The van der Waals surface area contributed by atoms with E-state index in [-0.39, 0.29) is 44.0 Å². The highest BCUT2D eigenvalue weighted by molar-refractivity contribution is 6.02. The molecule has 1 saturated heterocycles. The molecule has 0 radical (unpaired) electrons. The predicted octanol–water partition coefficient (Wildman–Crippen LogP) is 1.09. The largest absolute Gasteiger partial charge is 0.469 e. The highest BCUT2D eigenvalue weighted by Crippen LogP contribution is 2.19. The molecule has 1 aromatic rings. The smallest absolute Gasteiger partial charge is 0.307 e. The third-order valence-corrected chi connectivity index (χ3v) is 3.92. The van der Waals surface area contributed by atoms with Crippen molar-refractivity contribution in [3.63, 3.8) is 0 Å². The topological polar surface area (TPSA) is 92.8 Å². The Labute approximate surface area is 144 Å². The molecule has 1 fully saturated rings.